The molecule has 1 aromatic rings. The zero-order valence-corrected chi connectivity index (χ0v) is 11.0. The van der Waals surface area contributed by atoms with Crippen molar-refractivity contribution in [3.05, 3.63) is 24.2 Å². The number of nitrogens with one attached hydrogen (secondary N) is 2. The zero-order chi connectivity index (χ0) is 13.7. The molecule has 1 aliphatic heterocycles. The zero-order valence-electron chi connectivity index (χ0n) is 11.0. The van der Waals surface area contributed by atoms with Gasteiger partial charge in [-0.05, 0) is 19.1 Å². The molecule has 1 aromatic heterocycles. The Balaban J connectivity index is 1.73. The lowest BCUT2D eigenvalue weighted by Gasteiger charge is -2.34. The van der Waals surface area contributed by atoms with Crippen molar-refractivity contribution in [1.29, 1.82) is 0 Å². The van der Waals surface area contributed by atoms with Gasteiger partial charge in [-0.2, -0.15) is 0 Å². The van der Waals surface area contributed by atoms with Crippen LogP contribution in [0, 0.1) is 0 Å². The fraction of sp³-hybridized carbons (Fsp3) is 0.538. The summed E-state index contributed by atoms with van der Waals surface area (Å²) in [4.78, 5) is 25.4. The molecule has 6 heteroatoms. The molecule has 2 rings (SSSR count). The summed E-state index contributed by atoms with van der Waals surface area (Å²) in [6.45, 7) is 4.73. The van der Waals surface area contributed by atoms with Crippen molar-refractivity contribution >= 4 is 11.8 Å². The Hall–Kier alpha value is -1.82. The molecule has 0 bridgehead atoms. The molecule has 0 aliphatic carbocycles. The summed E-state index contributed by atoms with van der Waals surface area (Å²) in [6.07, 6.45) is 1.76. The van der Waals surface area contributed by atoms with Gasteiger partial charge in [-0.3, -0.25) is 9.59 Å². The van der Waals surface area contributed by atoms with Crippen molar-refractivity contribution in [2.75, 3.05) is 26.2 Å². The molecule has 2 N–H and O–H groups in total. The van der Waals surface area contributed by atoms with Gasteiger partial charge in [-0.1, -0.05) is 0 Å². The van der Waals surface area contributed by atoms with Crippen molar-refractivity contribution in [3.8, 4) is 0 Å². The summed E-state index contributed by atoms with van der Waals surface area (Å²) < 4.78 is 4.97. The minimum absolute atomic E-state index is 0.0775. The Morgan fingerprint density at radius 2 is 2.42 bits per heavy atom. The van der Waals surface area contributed by atoms with Crippen LogP contribution in [0.3, 0.4) is 0 Å². The van der Waals surface area contributed by atoms with Gasteiger partial charge in [0.15, 0.2) is 5.76 Å². The lowest BCUT2D eigenvalue weighted by molar-refractivity contribution is -0.133. The fourth-order valence-corrected chi connectivity index (χ4v) is 2.13. The van der Waals surface area contributed by atoms with Gasteiger partial charge in [0.25, 0.3) is 5.91 Å². The van der Waals surface area contributed by atoms with Crippen LogP contribution in [-0.4, -0.2) is 48.9 Å². The van der Waals surface area contributed by atoms with E-state index >= 15 is 0 Å². The van der Waals surface area contributed by atoms with Gasteiger partial charge in [0.2, 0.25) is 5.91 Å². The Morgan fingerprint density at radius 1 is 1.58 bits per heavy atom. The predicted octanol–water partition coefficient (Wildman–Crippen LogP) is 0.220. The third kappa shape index (κ3) is 3.57. The predicted molar refractivity (Wildman–Crippen MR) is 69.7 cm³/mol. The van der Waals surface area contributed by atoms with Gasteiger partial charge in [0.05, 0.1) is 6.26 Å². The number of hydrogen-bond donors (Lipinski definition) is 2. The summed E-state index contributed by atoms with van der Waals surface area (Å²) in [5, 5.41) is 5.91. The highest BCUT2D eigenvalue weighted by atomic mass is 16.3. The van der Waals surface area contributed by atoms with Crippen LogP contribution in [0.25, 0.3) is 0 Å². The van der Waals surface area contributed by atoms with Crippen LogP contribution in [-0.2, 0) is 4.79 Å². The summed E-state index contributed by atoms with van der Waals surface area (Å²) in [5.74, 6) is 0.0582. The van der Waals surface area contributed by atoms with Crippen molar-refractivity contribution in [3.63, 3.8) is 0 Å². The number of carbonyl (C=O) groups is 2. The Labute approximate surface area is 112 Å². The maximum absolute atomic E-state index is 12.0. The van der Waals surface area contributed by atoms with Crippen LogP contribution >= 0.6 is 0 Å². The first-order valence-electron chi connectivity index (χ1n) is 6.50. The Morgan fingerprint density at radius 3 is 3.11 bits per heavy atom. The third-order valence-electron chi connectivity index (χ3n) is 3.19. The molecule has 0 aromatic carbocycles. The standard InChI is InChI=1S/C13H19N3O3/c1-10-9-14-6-7-16(10)12(17)4-5-15-13(18)11-3-2-8-19-11/h2-3,8,10,14H,4-7,9H2,1H3,(H,15,18)/t10-/m0/s1. The quantitative estimate of drug-likeness (QED) is 0.816. The molecule has 1 atom stereocenters. The highest BCUT2D eigenvalue weighted by Gasteiger charge is 2.22. The lowest BCUT2D eigenvalue weighted by atomic mass is 10.2. The minimum atomic E-state index is -0.286. The molecular weight excluding hydrogens is 246 g/mol. The normalized spacial score (nSPS) is 19.2. The SMILES string of the molecule is C[C@H]1CNCCN1C(=O)CCNC(=O)c1ccco1. The molecule has 6 nitrogen and oxygen atoms in total. The van der Waals surface area contributed by atoms with E-state index in [9.17, 15) is 9.59 Å². The average Bonchev–Trinajstić information content (AvgIpc) is 2.93. The summed E-state index contributed by atoms with van der Waals surface area (Å²) in [7, 11) is 0. The molecular formula is C13H19N3O3. The van der Waals surface area contributed by atoms with Gasteiger partial charge >= 0.3 is 0 Å². The van der Waals surface area contributed by atoms with Gasteiger partial charge in [0, 0.05) is 38.6 Å². The number of hydrogen-bond acceptors (Lipinski definition) is 4. The van der Waals surface area contributed by atoms with E-state index in [0.717, 1.165) is 19.6 Å². The molecule has 2 heterocycles. The van der Waals surface area contributed by atoms with Crippen LogP contribution in [0.4, 0.5) is 0 Å². The lowest BCUT2D eigenvalue weighted by Crippen LogP contribution is -2.52. The fourth-order valence-electron chi connectivity index (χ4n) is 2.13. The van der Waals surface area contributed by atoms with Crippen LogP contribution in [0.15, 0.2) is 22.8 Å². The van der Waals surface area contributed by atoms with Crippen molar-refractivity contribution in [2.45, 2.75) is 19.4 Å². The highest BCUT2D eigenvalue weighted by Crippen LogP contribution is 2.05. The first-order valence-corrected chi connectivity index (χ1v) is 6.50. The van der Waals surface area contributed by atoms with Crippen LogP contribution in [0.5, 0.6) is 0 Å². The average molecular weight is 265 g/mol. The summed E-state index contributed by atoms with van der Waals surface area (Å²) in [5.41, 5.74) is 0. The molecule has 0 unspecified atom stereocenters. The van der Waals surface area contributed by atoms with Gasteiger partial charge in [-0.25, -0.2) is 0 Å². The highest BCUT2D eigenvalue weighted by molar-refractivity contribution is 5.91. The second-order valence-electron chi connectivity index (χ2n) is 4.62. The van der Waals surface area contributed by atoms with E-state index in [1.54, 1.807) is 12.1 Å². The number of furan rings is 1. The first kappa shape index (κ1) is 13.6. The Bertz CT molecular complexity index is 430. The molecule has 0 spiro atoms. The second-order valence-corrected chi connectivity index (χ2v) is 4.62. The van der Waals surface area contributed by atoms with Crippen LogP contribution in [0.2, 0.25) is 0 Å². The van der Waals surface area contributed by atoms with E-state index in [2.05, 4.69) is 10.6 Å². The number of rotatable bonds is 4. The number of nitrogens with zero attached hydrogens (tertiary/aromatic N) is 1. The van der Waals surface area contributed by atoms with Gasteiger partial charge in [-0.15, -0.1) is 0 Å². The molecule has 1 saturated heterocycles. The van der Waals surface area contributed by atoms with Crippen molar-refractivity contribution in [2.24, 2.45) is 0 Å². The topological polar surface area (TPSA) is 74.6 Å². The smallest absolute Gasteiger partial charge is 0.286 e. The maximum Gasteiger partial charge on any atom is 0.286 e. The number of piperazine rings is 1. The maximum atomic E-state index is 12.0. The number of carbonyl (C=O) groups excluding carboxylic acids is 2. The molecule has 19 heavy (non-hydrogen) atoms. The van der Waals surface area contributed by atoms with Gasteiger partial charge in [0.1, 0.15) is 0 Å². The van der Waals surface area contributed by atoms with Crippen LogP contribution < -0.4 is 10.6 Å². The Kier molecular flexibility index (Phi) is 4.57. The molecule has 1 aliphatic rings. The van der Waals surface area contributed by atoms with E-state index in [1.807, 2.05) is 11.8 Å². The molecule has 1 fully saturated rings. The second kappa shape index (κ2) is 6.38. The van der Waals surface area contributed by atoms with E-state index in [4.69, 9.17) is 4.42 Å². The monoisotopic (exact) mass is 265 g/mol. The molecule has 104 valence electrons. The van der Waals surface area contributed by atoms with E-state index < -0.39 is 0 Å². The third-order valence-corrected chi connectivity index (χ3v) is 3.19. The number of amides is 2. The van der Waals surface area contributed by atoms with E-state index in [-0.39, 0.29) is 23.6 Å². The molecule has 0 radical (unpaired) electrons. The largest absolute Gasteiger partial charge is 0.459 e. The van der Waals surface area contributed by atoms with E-state index in [1.165, 1.54) is 6.26 Å². The van der Waals surface area contributed by atoms with Crippen molar-refractivity contribution < 1.29 is 14.0 Å². The van der Waals surface area contributed by atoms with Crippen LogP contribution in [0.1, 0.15) is 23.9 Å². The minimum Gasteiger partial charge on any atom is -0.459 e. The van der Waals surface area contributed by atoms with E-state index in [0.29, 0.717) is 13.0 Å². The molecule has 2 amide bonds. The van der Waals surface area contributed by atoms with Gasteiger partial charge < -0.3 is 20.0 Å². The first-order chi connectivity index (χ1) is 9.18. The van der Waals surface area contributed by atoms with Crippen molar-refractivity contribution in [1.82, 2.24) is 15.5 Å². The summed E-state index contributed by atoms with van der Waals surface area (Å²) >= 11 is 0. The molecule has 0 saturated carbocycles. The summed E-state index contributed by atoms with van der Waals surface area (Å²) in [6, 6.07) is 3.46.